The first-order valence-electron chi connectivity index (χ1n) is 3.91. The van der Waals surface area contributed by atoms with Crippen LogP contribution in [0.2, 0.25) is 0 Å². The molecule has 0 aromatic carbocycles. The molecule has 4 heteroatoms. The first kappa shape index (κ1) is 11.4. The van der Waals surface area contributed by atoms with Gasteiger partial charge in [0.2, 0.25) is 0 Å². The highest BCUT2D eigenvalue weighted by Crippen LogP contribution is 1.85. The summed E-state index contributed by atoms with van der Waals surface area (Å²) in [6.45, 7) is 2.27. The molecule has 0 aliphatic heterocycles. The van der Waals surface area contributed by atoms with Crippen LogP contribution in [0.5, 0.6) is 0 Å². The number of carboxylic acids is 1. The molecule has 0 amide bonds. The zero-order valence-corrected chi connectivity index (χ0v) is 7.40. The maximum absolute atomic E-state index is 10.8. The van der Waals surface area contributed by atoms with Gasteiger partial charge in [0.1, 0.15) is 0 Å². The Labute approximate surface area is 76.5 Å². The molecule has 1 N–H and O–H groups in total. The fourth-order valence-electron chi connectivity index (χ4n) is 0.523. The number of hydrogen-bond donors (Lipinski definition) is 1. The molecule has 0 aromatic heterocycles. The van der Waals surface area contributed by atoms with E-state index in [1.165, 1.54) is 18.2 Å². The van der Waals surface area contributed by atoms with E-state index in [-0.39, 0.29) is 0 Å². The number of carbonyl (C=O) groups is 2. The number of allylic oxidation sites excluding steroid dienone is 2. The number of rotatable bonds is 5. The highest BCUT2D eigenvalue weighted by Gasteiger charge is 1.92. The van der Waals surface area contributed by atoms with Gasteiger partial charge in [-0.05, 0) is 6.42 Å². The third kappa shape index (κ3) is 8.33. The molecule has 0 radical (unpaired) electrons. The third-order valence-corrected chi connectivity index (χ3v) is 1.03. The predicted molar refractivity (Wildman–Crippen MR) is 47.2 cm³/mol. The molecule has 0 spiro atoms. The van der Waals surface area contributed by atoms with E-state index in [0.717, 1.165) is 12.5 Å². The van der Waals surface area contributed by atoms with Crippen molar-refractivity contribution in [3.63, 3.8) is 0 Å². The smallest absolute Gasteiger partial charge is 0.330 e. The molecule has 0 fully saturated rings. The van der Waals surface area contributed by atoms with Crippen molar-refractivity contribution in [3.8, 4) is 0 Å². The first-order chi connectivity index (χ1) is 6.16. The van der Waals surface area contributed by atoms with E-state index < -0.39 is 11.9 Å². The Morgan fingerprint density at radius 2 is 1.92 bits per heavy atom. The van der Waals surface area contributed by atoms with E-state index in [2.05, 4.69) is 0 Å². The summed E-state index contributed by atoms with van der Waals surface area (Å²) in [4.78, 5) is 20.7. The van der Waals surface area contributed by atoms with Gasteiger partial charge in [0.15, 0.2) is 0 Å². The van der Waals surface area contributed by atoms with Crippen molar-refractivity contribution in [3.05, 3.63) is 24.3 Å². The van der Waals surface area contributed by atoms with Gasteiger partial charge in [0, 0.05) is 12.2 Å². The Hall–Kier alpha value is -1.58. The quantitative estimate of drug-likeness (QED) is 0.395. The maximum Gasteiger partial charge on any atom is 0.330 e. The average molecular weight is 184 g/mol. The normalized spacial score (nSPS) is 10.8. The fourth-order valence-corrected chi connectivity index (χ4v) is 0.523. The summed E-state index contributed by atoms with van der Waals surface area (Å²) in [7, 11) is 0. The summed E-state index contributed by atoms with van der Waals surface area (Å²) in [5, 5.41) is 8.18. The van der Waals surface area contributed by atoms with Crippen LogP contribution in [0.4, 0.5) is 0 Å². The van der Waals surface area contributed by atoms with Crippen LogP contribution < -0.4 is 0 Å². The topological polar surface area (TPSA) is 63.6 Å². The van der Waals surface area contributed by atoms with Crippen molar-refractivity contribution in [1.82, 2.24) is 0 Å². The van der Waals surface area contributed by atoms with Crippen molar-refractivity contribution >= 4 is 11.9 Å². The van der Waals surface area contributed by atoms with Crippen LogP contribution in [0, 0.1) is 0 Å². The predicted octanol–water partition coefficient (Wildman–Crippen LogP) is 1.14. The van der Waals surface area contributed by atoms with Gasteiger partial charge in [0.05, 0.1) is 6.61 Å². The number of hydrogen-bond acceptors (Lipinski definition) is 3. The fraction of sp³-hybridized carbons (Fsp3) is 0.333. The highest BCUT2D eigenvalue weighted by molar-refractivity contribution is 5.83. The van der Waals surface area contributed by atoms with Gasteiger partial charge >= 0.3 is 11.9 Å². The molecular formula is C9H12O4. The van der Waals surface area contributed by atoms with Gasteiger partial charge in [-0.25, -0.2) is 9.59 Å². The number of carboxylic acid groups (broad SMARTS) is 1. The van der Waals surface area contributed by atoms with Gasteiger partial charge in [-0.1, -0.05) is 19.1 Å². The van der Waals surface area contributed by atoms with Gasteiger partial charge in [0.25, 0.3) is 0 Å². The molecule has 72 valence electrons. The Bertz CT molecular complexity index is 228. The minimum Gasteiger partial charge on any atom is -0.478 e. The third-order valence-electron chi connectivity index (χ3n) is 1.03. The van der Waals surface area contributed by atoms with Crippen LogP contribution in [-0.2, 0) is 14.3 Å². The van der Waals surface area contributed by atoms with Crippen LogP contribution in [0.15, 0.2) is 24.3 Å². The second-order valence-electron chi connectivity index (χ2n) is 2.22. The van der Waals surface area contributed by atoms with Crippen LogP contribution in [0.25, 0.3) is 0 Å². The van der Waals surface area contributed by atoms with Gasteiger partial charge < -0.3 is 9.84 Å². The molecule has 13 heavy (non-hydrogen) atoms. The number of carbonyl (C=O) groups excluding carboxylic acids is 1. The lowest BCUT2D eigenvalue weighted by atomic mass is 10.4. The number of esters is 1. The summed E-state index contributed by atoms with van der Waals surface area (Å²) in [5.41, 5.74) is 0. The average Bonchev–Trinajstić information content (AvgIpc) is 2.08. The van der Waals surface area contributed by atoms with E-state index in [9.17, 15) is 9.59 Å². The van der Waals surface area contributed by atoms with Gasteiger partial charge in [-0.3, -0.25) is 0 Å². The Morgan fingerprint density at radius 1 is 1.31 bits per heavy atom. The van der Waals surface area contributed by atoms with Gasteiger partial charge in [-0.15, -0.1) is 0 Å². The second-order valence-corrected chi connectivity index (χ2v) is 2.22. The molecule has 0 aliphatic rings. The van der Waals surface area contributed by atoms with Crippen molar-refractivity contribution in [1.29, 1.82) is 0 Å². The van der Waals surface area contributed by atoms with Crippen molar-refractivity contribution in [2.75, 3.05) is 6.61 Å². The minimum absolute atomic E-state index is 0.381. The summed E-state index contributed by atoms with van der Waals surface area (Å²) < 4.78 is 4.69. The monoisotopic (exact) mass is 184 g/mol. The molecule has 0 saturated carbocycles. The van der Waals surface area contributed by atoms with E-state index in [0.29, 0.717) is 6.61 Å². The molecule has 0 saturated heterocycles. The van der Waals surface area contributed by atoms with E-state index in [1.54, 1.807) is 0 Å². The Morgan fingerprint density at radius 3 is 2.46 bits per heavy atom. The van der Waals surface area contributed by atoms with E-state index >= 15 is 0 Å². The van der Waals surface area contributed by atoms with E-state index in [1.807, 2.05) is 6.92 Å². The molecule has 0 heterocycles. The van der Waals surface area contributed by atoms with E-state index in [4.69, 9.17) is 9.84 Å². The van der Waals surface area contributed by atoms with Crippen molar-refractivity contribution in [2.45, 2.75) is 13.3 Å². The largest absolute Gasteiger partial charge is 0.478 e. The lowest BCUT2D eigenvalue weighted by Gasteiger charge is -1.95. The van der Waals surface area contributed by atoms with Crippen molar-refractivity contribution < 1.29 is 19.4 Å². The highest BCUT2D eigenvalue weighted by atomic mass is 16.5. The molecule has 0 aromatic rings. The maximum atomic E-state index is 10.8. The minimum atomic E-state index is -1.05. The Kier molecular flexibility index (Phi) is 6.23. The van der Waals surface area contributed by atoms with Crippen LogP contribution >= 0.6 is 0 Å². The molecule has 0 aliphatic carbocycles. The molecular weight excluding hydrogens is 172 g/mol. The first-order valence-corrected chi connectivity index (χ1v) is 3.91. The summed E-state index contributed by atoms with van der Waals surface area (Å²) in [6, 6.07) is 0. The molecule has 0 atom stereocenters. The zero-order valence-electron chi connectivity index (χ0n) is 7.40. The zero-order chi connectivity index (χ0) is 10.1. The molecule has 0 rings (SSSR count). The van der Waals surface area contributed by atoms with Gasteiger partial charge in [-0.2, -0.15) is 0 Å². The Balaban J connectivity index is 3.71. The summed E-state index contributed by atoms with van der Waals surface area (Å²) in [5.74, 6) is -1.51. The van der Waals surface area contributed by atoms with Crippen LogP contribution in [-0.4, -0.2) is 23.7 Å². The lowest BCUT2D eigenvalue weighted by molar-refractivity contribution is -0.137. The summed E-state index contributed by atoms with van der Waals surface area (Å²) in [6.07, 6.45) is 5.46. The lowest BCUT2D eigenvalue weighted by Crippen LogP contribution is -2.00. The van der Waals surface area contributed by atoms with Crippen molar-refractivity contribution in [2.24, 2.45) is 0 Å². The summed E-state index contributed by atoms with van der Waals surface area (Å²) >= 11 is 0. The van der Waals surface area contributed by atoms with Crippen LogP contribution in [0.1, 0.15) is 13.3 Å². The SMILES string of the molecule is CCCOC(=O)C=CC=CC(=O)O. The second kappa shape index (κ2) is 7.09. The molecule has 0 unspecified atom stereocenters. The molecule has 0 bridgehead atoms. The number of aliphatic carboxylic acids is 1. The standard InChI is InChI=1S/C9H12O4/c1-2-7-13-9(12)6-4-3-5-8(10)11/h3-6H,2,7H2,1H3,(H,10,11). The van der Waals surface area contributed by atoms with Crippen LogP contribution in [0.3, 0.4) is 0 Å². The number of ether oxygens (including phenoxy) is 1. The molecule has 4 nitrogen and oxygen atoms in total.